The second-order valence-electron chi connectivity index (χ2n) is 8.09. The molecule has 0 radical (unpaired) electrons. The van der Waals surface area contributed by atoms with Crippen molar-refractivity contribution in [3.8, 4) is 11.5 Å². The monoisotopic (exact) mass is 422 g/mol. The number of benzene rings is 2. The highest BCUT2D eigenvalue weighted by Crippen LogP contribution is 2.38. The van der Waals surface area contributed by atoms with E-state index in [2.05, 4.69) is 0 Å². The predicted octanol–water partition coefficient (Wildman–Crippen LogP) is 3.90. The van der Waals surface area contributed by atoms with E-state index in [9.17, 15) is 9.59 Å². The molecule has 162 valence electrons. The highest BCUT2D eigenvalue weighted by atomic mass is 16.5. The SMILES string of the molecule is O=C(CCCn1c(=O)oc2ccccc21)N1CCC[C@@H]1c1ccc2c(c1)OCCCO2. The van der Waals surface area contributed by atoms with Crippen molar-refractivity contribution in [3.05, 3.63) is 58.6 Å². The lowest BCUT2D eigenvalue weighted by molar-refractivity contribution is -0.132. The molecule has 0 unspecified atom stereocenters. The summed E-state index contributed by atoms with van der Waals surface area (Å²) in [4.78, 5) is 27.1. The van der Waals surface area contributed by atoms with Gasteiger partial charge >= 0.3 is 5.76 Å². The van der Waals surface area contributed by atoms with Gasteiger partial charge in [0.25, 0.3) is 0 Å². The number of ether oxygens (including phenoxy) is 2. The summed E-state index contributed by atoms with van der Waals surface area (Å²) in [5.74, 6) is 1.28. The van der Waals surface area contributed by atoms with Crippen LogP contribution in [0.15, 0.2) is 51.7 Å². The highest BCUT2D eigenvalue weighted by Gasteiger charge is 2.30. The fourth-order valence-corrected chi connectivity index (χ4v) is 4.56. The molecule has 1 fully saturated rings. The first-order valence-corrected chi connectivity index (χ1v) is 11.0. The molecule has 0 saturated carbocycles. The molecular formula is C24H26N2O5. The number of rotatable bonds is 5. The molecule has 1 aromatic heterocycles. The highest BCUT2D eigenvalue weighted by molar-refractivity contribution is 5.77. The van der Waals surface area contributed by atoms with E-state index in [0.717, 1.165) is 48.4 Å². The van der Waals surface area contributed by atoms with E-state index in [1.54, 1.807) is 10.6 Å². The van der Waals surface area contributed by atoms with Crippen molar-refractivity contribution in [1.29, 1.82) is 0 Å². The zero-order valence-electron chi connectivity index (χ0n) is 17.4. The Kier molecular flexibility index (Phi) is 5.40. The van der Waals surface area contributed by atoms with E-state index >= 15 is 0 Å². The van der Waals surface area contributed by atoms with Crippen molar-refractivity contribution in [1.82, 2.24) is 9.47 Å². The van der Waals surface area contributed by atoms with Crippen LogP contribution in [0.5, 0.6) is 11.5 Å². The van der Waals surface area contributed by atoms with E-state index in [4.69, 9.17) is 13.9 Å². The average molecular weight is 422 g/mol. The minimum absolute atomic E-state index is 0.0575. The summed E-state index contributed by atoms with van der Waals surface area (Å²) in [7, 11) is 0. The molecule has 3 heterocycles. The van der Waals surface area contributed by atoms with Crippen molar-refractivity contribution in [2.45, 2.75) is 44.7 Å². The van der Waals surface area contributed by atoms with Crippen molar-refractivity contribution in [2.24, 2.45) is 0 Å². The smallest absolute Gasteiger partial charge is 0.419 e. The van der Waals surface area contributed by atoms with Crippen molar-refractivity contribution < 1.29 is 18.7 Å². The molecule has 0 aliphatic carbocycles. The van der Waals surface area contributed by atoms with Gasteiger partial charge in [0.15, 0.2) is 17.1 Å². The molecule has 2 aliphatic rings. The number of fused-ring (bicyclic) bond motifs is 2. The quantitative estimate of drug-likeness (QED) is 0.624. The first-order valence-electron chi connectivity index (χ1n) is 11.0. The molecule has 1 saturated heterocycles. The molecule has 1 amide bonds. The second-order valence-corrected chi connectivity index (χ2v) is 8.09. The summed E-state index contributed by atoms with van der Waals surface area (Å²) in [6.45, 7) is 2.53. The van der Waals surface area contributed by atoms with Gasteiger partial charge in [0.05, 0.1) is 24.8 Å². The number of hydrogen-bond acceptors (Lipinski definition) is 5. The van der Waals surface area contributed by atoms with Crippen molar-refractivity contribution in [3.63, 3.8) is 0 Å². The lowest BCUT2D eigenvalue weighted by Crippen LogP contribution is -2.30. The molecule has 3 aromatic rings. The van der Waals surface area contributed by atoms with Crippen LogP contribution in [0.2, 0.25) is 0 Å². The Morgan fingerprint density at radius 2 is 1.87 bits per heavy atom. The second kappa shape index (κ2) is 8.49. The van der Waals surface area contributed by atoms with Gasteiger partial charge in [0, 0.05) is 25.9 Å². The molecule has 2 aliphatic heterocycles. The number of nitrogens with zero attached hydrogens (tertiary/aromatic N) is 2. The van der Waals surface area contributed by atoms with Crippen LogP contribution >= 0.6 is 0 Å². The number of carbonyl (C=O) groups excluding carboxylic acids is 1. The molecular weight excluding hydrogens is 396 g/mol. The molecule has 7 heteroatoms. The maximum absolute atomic E-state index is 13.0. The van der Waals surface area contributed by atoms with Crippen LogP contribution in [0.1, 0.15) is 43.7 Å². The summed E-state index contributed by atoms with van der Waals surface area (Å²) < 4.78 is 18.4. The number of carbonyl (C=O) groups is 1. The van der Waals surface area contributed by atoms with Crippen LogP contribution < -0.4 is 15.2 Å². The van der Waals surface area contributed by atoms with Crippen molar-refractivity contribution in [2.75, 3.05) is 19.8 Å². The third kappa shape index (κ3) is 3.92. The molecule has 0 N–H and O–H groups in total. The third-order valence-electron chi connectivity index (χ3n) is 6.08. The predicted molar refractivity (Wildman–Crippen MR) is 115 cm³/mol. The Balaban J connectivity index is 1.25. The number of aryl methyl sites for hydroxylation is 1. The van der Waals surface area contributed by atoms with Gasteiger partial charge in [-0.1, -0.05) is 18.2 Å². The summed E-state index contributed by atoms with van der Waals surface area (Å²) in [5, 5.41) is 0. The van der Waals surface area contributed by atoms with Gasteiger partial charge in [-0.15, -0.1) is 0 Å². The molecule has 0 bridgehead atoms. The van der Waals surface area contributed by atoms with Crippen LogP contribution in [0.4, 0.5) is 0 Å². The van der Waals surface area contributed by atoms with E-state index < -0.39 is 0 Å². The van der Waals surface area contributed by atoms with Gasteiger partial charge < -0.3 is 18.8 Å². The molecule has 1 atom stereocenters. The van der Waals surface area contributed by atoms with E-state index in [1.807, 2.05) is 41.3 Å². The van der Waals surface area contributed by atoms with Crippen LogP contribution in [-0.4, -0.2) is 35.1 Å². The fourth-order valence-electron chi connectivity index (χ4n) is 4.56. The Morgan fingerprint density at radius 3 is 2.77 bits per heavy atom. The van der Waals surface area contributed by atoms with Gasteiger partial charge in [-0.3, -0.25) is 9.36 Å². The Hall–Kier alpha value is -3.22. The van der Waals surface area contributed by atoms with Gasteiger partial charge in [-0.25, -0.2) is 4.79 Å². The topological polar surface area (TPSA) is 73.9 Å². The van der Waals surface area contributed by atoms with Gasteiger partial charge in [0.1, 0.15) is 0 Å². The third-order valence-corrected chi connectivity index (χ3v) is 6.08. The first kappa shape index (κ1) is 19.7. The standard InChI is InChI=1S/C24H26N2O5/c27-23(9-4-13-26-19-6-1-2-8-20(19)31-24(26)28)25-12-3-7-18(25)17-10-11-21-22(16-17)30-15-5-14-29-21/h1-2,6,8,10-11,16,18H,3-5,7,9,12-15H2/t18-/m1/s1. The van der Waals surface area contributed by atoms with Crippen LogP contribution in [-0.2, 0) is 11.3 Å². The van der Waals surface area contributed by atoms with Crippen LogP contribution in [0.3, 0.4) is 0 Å². The molecule has 2 aromatic carbocycles. The van der Waals surface area contributed by atoms with Crippen molar-refractivity contribution >= 4 is 17.0 Å². The lowest BCUT2D eigenvalue weighted by Gasteiger charge is -2.26. The molecule has 31 heavy (non-hydrogen) atoms. The Bertz CT molecular complexity index is 1150. The van der Waals surface area contributed by atoms with Crippen LogP contribution in [0, 0.1) is 0 Å². The summed E-state index contributed by atoms with van der Waals surface area (Å²) in [5.41, 5.74) is 2.44. The van der Waals surface area contributed by atoms with E-state index in [1.165, 1.54) is 0 Å². The number of oxazole rings is 1. The number of para-hydroxylation sites is 2. The summed E-state index contributed by atoms with van der Waals surface area (Å²) in [6, 6.07) is 13.4. The van der Waals surface area contributed by atoms with E-state index in [-0.39, 0.29) is 17.7 Å². The van der Waals surface area contributed by atoms with Crippen LogP contribution in [0.25, 0.3) is 11.1 Å². The molecule has 7 nitrogen and oxygen atoms in total. The maximum atomic E-state index is 13.0. The number of aromatic nitrogens is 1. The van der Waals surface area contributed by atoms with Gasteiger partial charge in [-0.2, -0.15) is 0 Å². The largest absolute Gasteiger partial charge is 0.490 e. The van der Waals surface area contributed by atoms with E-state index in [0.29, 0.717) is 38.2 Å². The fraction of sp³-hybridized carbons (Fsp3) is 0.417. The Morgan fingerprint density at radius 1 is 1.03 bits per heavy atom. The molecule has 5 rings (SSSR count). The van der Waals surface area contributed by atoms with Gasteiger partial charge in [0.2, 0.25) is 5.91 Å². The lowest BCUT2D eigenvalue weighted by atomic mass is 10.0. The summed E-state index contributed by atoms with van der Waals surface area (Å²) in [6.07, 6.45) is 3.78. The zero-order chi connectivity index (χ0) is 21.2. The normalized spacial score (nSPS) is 18.3. The van der Waals surface area contributed by atoms with Gasteiger partial charge in [-0.05, 0) is 49.1 Å². The number of amides is 1. The number of hydrogen-bond donors (Lipinski definition) is 0. The molecule has 0 spiro atoms. The Labute approximate surface area is 180 Å². The average Bonchev–Trinajstić information content (AvgIpc) is 3.31. The number of likely N-dealkylation sites (tertiary alicyclic amines) is 1. The summed E-state index contributed by atoms with van der Waals surface area (Å²) >= 11 is 0. The zero-order valence-corrected chi connectivity index (χ0v) is 17.4. The maximum Gasteiger partial charge on any atom is 0.419 e. The minimum Gasteiger partial charge on any atom is -0.490 e. The minimum atomic E-state index is -0.375. The first-order chi connectivity index (χ1) is 15.2.